The summed E-state index contributed by atoms with van der Waals surface area (Å²) in [5, 5.41) is 14.0. The molecule has 4 heteroatoms. The van der Waals surface area contributed by atoms with Crippen molar-refractivity contribution in [2.24, 2.45) is 0 Å². The van der Waals surface area contributed by atoms with E-state index in [1.807, 2.05) is 0 Å². The summed E-state index contributed by atoms with van der Waals surface area (Å²) in [6, 6.07) is 0.492. The van der Waals surface area contributed by atoms with Crippen LogP contribution in [0.25, 0.3) is 0 Å². The molecule has 0 aromatic heterocycles. The molecule has 0 aliphatic rings. The molecule has 1 N–H and O–H groups in total. The number of unbranched alkanes of at least 4 members (excludes halogenated alkanes) is 11. The van der Waals surface area contributed by atoms with Gasteiger partial charge in [0, 0.05) is 18.6 Å². The fourth-order valence-electron chi connectivity index (χ4n) is 3.25. The van der Waals surface area contributed by atoms with Crippen molar-refractivity contribution >= 4 is 5.97 Å². The third-order valence-corrected chi connectivity index (χ3v) is 4.82. The number of hydrogen-bond acceptors (Lipinski definition) is 3. The van der Waals surface area contributed by atoms with E-state index < -0.39 is 5.97 Å². The first-order chi connectivity index (χ1) is 11.7. The average Bonchev–Trinajstić information content (AvgIpc) is 2.56. The van der Waals surface area contributed by atoms with Crippen molar-refractivity contribution in [1.82, 2.24) is 5.32 Å². The van der Waals surface area contributed by atoms with E-state index in [4.69, 9.17) is 0 Å². The second-order valence-corrected chi connectivity index (χ2v) is 7.24. The van der Waals surface area contributed by atoms with E-state index >= 15 is 0 Å². The van der Waals surface area contributed by atoms with E-state index in [1.165, 1.54) is 96.3 Å². The number of rotatable bonds is 19. The normalized spacial score (nSPS) is 11.9. The van der Waals surface area contributed by atoms with Crippen LogP contribution in [-0.4, -0.2) is 18.6 Å². The van der Waals surface area contributed by atoms with E-state index in [9.17, 15) is 9.90 Å². The zero-order valence-corrected chi connectivity index (χ0v) is 19.4. The molecule has 0 amide bonds. The molecule has 1 atom stereocenters. The van der Waals surface area contributed by atoms with Crippen molar-refractivity contribution in [2.75, 3.05) is 6.54 Å². The molecule has 0 aliphatic carbocycles. The first-order valence-electron chi connectivity index (χ1n) is 10.6. The second kappa shape index (κ2) is 22.5. The molecule has 3 nitrogen and oxygen atoms in total. The van der Waals surface area contributed by atoms with Gasteiger partial charge in [0.2, 0.25) is 0 Å². The Morgan fingerprint density at radius 1 is 0.760 bits per heavy atom. The number of carboxylic acids is 1. The third-order valence-electron chi connectivity index (χ3n) is 4.82. The number of nitrogens with one attached hydrogen (secondary N) is 1. The van der Waals surface area contributed by atoms with Gasteiger partial charge in [-0.15, -0.1) is 0 Å². The number of aliphatic carboxylic acids is 1. The maximum atomic E-state index is 10.6. The van der Waals surface area contributed by atoms with Crippen LogP contribution in [0.3, 0.4) is 0 Å². The van der Waals surface area contributed by atoms with Gasteiger partial charge < -0.3 is 15.2 Å². The Morgan fingerprint density at radius 3 is 1.56 bits per heavy atom. The van der Waals surface area contributed by atoms with Gasteiger partial charge in [0.1, 0.15) is 0 Å². The van der Waals surface area contributed by atoms with Crippen LogP contribution in [0.5, 0.6) is 0 Å². The molecule has 0 heterocycles. The summed E-state index contributed by atoms with van der Waals surface area (Å²) in [5.74, 6) is -0.947. The van der Waals surface area contributed by atoms with E-state index in [0.717, 1.165) is 0 Å². The van der Waals surface area contributed by atoms with Crippen LogP contribution in [0.15, 0.2) is 0 Å². The Balaban J connectivity index is 0. The first-order valence-corrected chi connectivity index (χ1v) is 10.6. The Hall–Kier alpha value is 0.430. The molecule has 0 aliphatic heterocycles. The predicted molar refractivity (Wildman–Crippen MR) is 102 cm³/mol. The number of carboxylic acid groups (broad SMARTS) is 1. The Labute approximate surface area is 179 Å². The smallest absolute Gasteiger partial charge is 0.550 e. The number of carbonyl (C=O) groups is 1. The van der Waals surface area contributed by atoms with Crippen molar-refractivity contribution in [3.8, 4) is 0 Å². The van der Waals surface area contributed by atoms with Crippen molar-refractivity contribution in [2.45, 2.75) is 123 Å². The molecule has 25 heavy (non-hydrogen) atoms. The summed E-state index contributed by atoms with van der Waals surface area (Å²) >= 11 is 0. The monoisotopic (exact) mass is 363 g/mol. The van der Waals surface area contributed by atoms with Gasteiger partial charge in [-0.2, -0.15) is 0 Å². The summed E-state index contributed by atoms with van der Waals surface area (Å²) in [7, 11) is 0. The van der Waals surface area contributed by atoms with Crippen LogP contribution >= 0.6 is 0 Å². The van der Waals surface area contributed by atoms with Crippen molar-refractivity contribution in [3.63, 3.8) is 0 Å². The Morgan fingerprint density at radius 2 is 1.16 bits per heavy atom. The second-order valence-electron chi connectivity index (χ2n) is 7.24. The van der Waals surface area contributed by atoms with Gasteiger partial charge in [-0.1, -0.05) is 97.3 Å². The van der Waals surface area contributed by atoms with E-state index in [1.54, 1.807) is 0 Å². The molecule has 0 radical (unpaired) electrons. The van der Waals surface area contributed by atoms with Crippen molar-refractivity contribution in [3.05, 3.63) is 0 Å². The Bertz CT molecular complexity index is 275. The molecule has 0 bridgehead atoms. The Kier molecular flexibility index (Phi) is 24.9. The summed E-state index contributed by atoms with van der Waals surface area (Å²) < 4.78 is 0. The van der Waals surface area contributed by atoms with Crippen LogP contribution in [-0.2, 0) is 4.79 Å². The minimum Gasteiger partial charge on any atom is -0.550 e. The minimum atomic E-state index is -0.947. The minimum absolute atomic E-state index is 0. The first kappa shape index (κ1) is 27.6. The van der Waals surface area contributed by atoms with Gasteiger partial charge in [-0.25, -0.2) is 0 Å². The fourth-order valence-corrected chi connectivity index (χ4v) is 3.25. The van der Waals surface area contributed by atoms with Crippen LogP contribution in [0.1, 0.15) is 117 Å². The van der Waals surface area contributed by atoms with E-state index in [-0.39, 0.29) is 36.0 Å². The summed E-state index contributed by atoms with van der Waals surface area (Å²) in [6.07, 6.45) is 19.8. The topological polar surface area (TPSA) is 52.2 Å². The van der Waals surface area contributed by atoms with Crippen molar-refractivity contribution < 1.29 is 39.5 Å². The third kappa shape index (κ3) is 22.4. The largest absolute Gasteiger partial charge is 1.00 e. The van der Waals surface area contributed by atoms with E-state index in [0.29, 0.717) is 12.6 Å². The van der Waals surface area contributed by atoms with Gasteiger partial charge in [0.05, 0.1) is 0 Å². The zero-order chi connectivity index (χ0) is 17.9. The molecule has 0 aromatic rings. The van der Waals surface area contributed by atoms with Crippen LogP contribution in [0.4, 0.5) is 0 Å². The van der Waals surface area contributed by atoms with Gasteiger partial charge in [0.25, 0.3) is 0 Å². The molecule has 0 saturated heterocycles. The summed E-state index contributed by atoms with van der Waals surface area (Å²) in [5.41, 5.74) is 0. The molecule has 0 aromatic carbocycles. The van der Waals surface area contributed by atoms with Gasteiger partial charge in [-0.05, 0) is 19.3 Å². The number of carbonyl (C=O) groups excluding carboxylic acids is 1. The predicted octanol–water partition coefficient (Wildman–Crippen LogP) is 1.98. The van der Waals surface area contributed by atoms with E-state index in [2.05, 4.69) is 19.2 Å². The molecule has 0 saturated carbocycles. The molecule has 1 unspecified atom stereocenters. The maximum Gasteiger partial charge on any atom is 1.00 e. The molecule has 144 valence electrons. The van der Waals surface area contributed by atoms with Crippen molar-refractivity contribution in [1.29, 1.82) is 0 Å². The number of hydrogen-bond donors (Lipinski definition) is 1. The van der Waals surface area contributed by atoms with Crippen LogP contribution in [0, 0.1) is 0 Å². The van der Waals surface area contributed by atoms with Gasteiger partial charge in [-0.3, -0.25) is 0 Å². The van der Waals surface area contributed by atoms with Crippen LogP contribution in [0.2, 0.25) is 0 Å². The maximum absolute atomic E-state index is 10.6. The molecular formula is C21H42NNaO2. The molecule has 0 fully saturated rings. The quantitative estimate of drug-likeness (QED) is 0.282. The average molecular weight is 364 g/mol. The molecule has 0 rings (SSSR count). The van der Waals surface area contributed by atoms with Crippen LogP contribution < -0.4 is 40.0 Å². The fraction of sp³-hybridized carbons (Fsp3) is 0.952. The standard InChI is InChI=1S/C21H43NO2.Na/c1-3-5-7-9-11-13-15-17-20(22-19-18-21(23)24)16-14-12-10-8-6-4-2;/h20,22H,3-19H2,1-2H3,(H,23,24);/q;+1/p-1. The van der Waals surface area contributed by atoms with Gasteiger partial charge in [0.15, 0.2) is 0 Å². The zero-order valence-electron chi connectivity index (χ0n) is 17.4. The van der Waals surface area contributed by atoms with Gasteiger partial charge >= 0.3 is 29.6 Å². The molecular weight excluding hydrogens is 321 g/mol. The molecule has 0 spiro atoms. The SMILES string of the molecule is CCCCCCCCCC(CCCCCCCC)NCCC(=O)[O-].[Na+]. The summed E-state index contributed by atoms with van der Waals surface area (Å²) in [4.78, 5) is 10.6. The summed E-state index contributed by atoms with van der Waals surface area (Å²) in [6.45, 7) is 5.06.